The number of hydrogen-bond acceptors (Lipinski definition) is 3. The molecule has 18 heavy (non-hydrogen) atoms. The van der Waals surface area contributed by atoms with Gasteiger partial charge in [-0.25, -0.2) is 4.98 Å². The summed E-state index contributed by atoms with van der Waals surface area (Å²) in [6, 6.07) is 6.46. The van der Waals surface area contributed by atoms with E-state index in [0.29, 0.717) is 0 Å². The predicted molar refractivity (Wildman–Crippen MR) is 78.3 cm³/mol. The fraction of sp³-hybridized carbons (Fsp3) is 0.333. The van der Waals surface area contributed by atoms with Crippen LogP contribution < -0.4 is 5.32 Å². The first-order chi connectivity index (χ1) is 8.60. The SMILES string of the molecule is CNC(Cc1ncnn1C)c1cc(Br)cc(Br)c1. The highest BCUT2D eigenvalue weighted by Gasteiger charge is 2.14. The summed E-state index contributed by atoms with van der Waals surface area (Å²) in [4.78, 5) is 4.26. The summed E-state index contributed by atoms with van der Waals surface area (Å²) in [6.07, 6.45) is 2.38. The van der Waals surface area contributed by atoms with E-state index in [1.165, 1.54) is 5.56 Å². The lowest BCUT2D eigenvalue weighted by Crippen LogP contribution is -2.20. The third kappa shape index (κ3) is 3.18. The first kappa shape index (κ1) is 13.7. The molecule has 1 atom stereocenters. The Bertz CT molecular complexity index is 518. The van der Waals surface area contributed by atoms with Gasteiger partial charge in [-0.2, -0.15) is 5.10 Å². The van der Waals surface area contributed by atoms with Gasteiger partial charge in [-0.05, 0) is 30.8 Å². The molecule has 2 rings (SSSR count). The molecule has 0 fully saturated rings. The van der Waals surface area contributed by atoms with Gasteiger partial charge in [0, 0.05) is 28.5 Å². The molecule has 1 aromatic carbocycles. The van der Waals surface area contributed by atoms with Crippen molar-refractivity contribution < 1.29 is 0 Å². The maximum absolute atomic E-state index is 4.26. The van der Waals surface area contributed by atoms with Crippen molar-refractivity contribution in [2.24, 2.45) is 7.05 Å². The summed E-state index contributed by atoms with van der Waals surface area (Å²) < 4.78 is 3.92. The van der Waals surface area contributed by atoms with Crippen LogP contribution in [0.5, 0.6) is 0 Å². The van der Waals surface area contributed by atoms with Gasteiger partial charge in [0.05, 0.1) is 0 Å². The van der Waals surface area contributed by atoms with Crippen molar-refractivity contribution >= 4 is 31.9 Å². The first-order valence-corrected chi connectivity index (χ1v) is 7.15. The Morgan fingerprint density at radius 1 is 1.28 bits per heavy atom. The third-order valence-corrected chi connectivity index (χ3v) is 3.74. The number of rotatable bonds is 4. The number of likely N-dealkylation sites (N-methyl/N-ethyl adjacent to an activating group) is 1. The van der Waals surface area contributed by atoms with Crippen LogP contribution in [0.2, 0.25) is 0 Å². The van der Waals surface area contributed by atoms with E-state index in [0.717, 1.165) is 21.2 Å². The molecule has 0 aliphatic rings. The maximum atomic E-state index is 4.26. The molecule has 0 aliphatic carbocycles. The minimum absolute atomic E-state index is 0.210. The number of aryl methyl sites for hydroxylation is 1. The van der Waals surface area contributed by atoms with Crippen LogP contribution in [0, 0.1) is 0 Å². The van der Waals surface area contributed by atoms with Crippen LogP contribution in [0.3, 0.4) is 0 Å². The molecule has 4 nitrogen and oxygen atoms in total. The van der Waals surface area contributed by atoms with Gasteiger partial charge >= 0.3 is 0 Å². The number of benzene rings is 1. The summed E-state index contributed by atoms with van der Waals surface area (Å²) in [5, 5.41) is 7.41. The fourth-order valence-corrected chi connectivity index (χ4v) is 3.18. The molecule has 1 unspecified atom stereocenters. The van der Waals surface area contributed by atoms with Crippen LogP contribution in [0.1, 0.15) is 17.4 Å². The van der Waals surface area contributed by atoms with Crippen LogP contribution in [-0.2, 0) is 13.5 Å². The highest BCUT2D eigenvalue weighted by Crippen LogP contribution is 2.25. The number of hydrogen-bond donors (Lipinski definition) is 1. The maximum Gasteiger partial charge on any atom is 0.138 e. The van der Waals surface area contributed by atoms with Crippen LogP contribution in [-0.4, -0.2) is 21.8 Å². The number of nitrogens with one attached hydrogen (secondary N) is 1. The largest absolute Gasteiger partial charge is 0.313 e. The smallest absolute Gasteiger partial charge is 0.138 e. The van der Waals surface area contributed by atoms with Gasteiger partial charge in [-0.1, -0.05) is 31.9 Å². The van der Waals surface area contributed by atoms with Crippen LogP contribution >= 0.6 is 31.9 Å². The van der Waals surface area contributed by atoms with Crippen molar-refractivity contribution in [3.8, 4) is 0 Å². The Balaban J connectivity index is 2.25. The molecular formula is C12H14Br2N4. The number of nitrogens with zero attached hydrogens (tertiary/aromatic N) is 3. The van der Waals surface area contributed by atoms with Crippen molar-refractivity contribution in [2.75, 3.05) is 7.05 Å². The Kier molecular flexibility index (Phi) is 4.53. The van der Waals surface area contributed by atoms with Crippen molar-refractivity contribution in [3.05, 3.63) is 44.9 Å². The molecule has 0 spiro atoms. The van der Waals surface area contributed by atoms with Gasteiger partial charge in [0.2, 0.25) is 0 Å². The fourth-order valence-electron chi connectivity index (χ4n) is 1.85. The van der Waals surface area contributed by atoms with E-state index in [2.05, 4.69) is 59.4 Å². The molecule has 6 heteroatoms. The summed E-state index contributed by atoms with van der Waals surface area (Å²) in [5.41, 5.74) is 1.21. The summed E-state index contributed by atoms with van der Waals surface area (Å²) in [6.45, 7) is 0. The van der Waals surface area contributed by atoms with Gasteiger partial charge in [-0.15, -0.1) is 0 Å². The van der Waals surface area contributed by atoms with Crippen molar-refractivity contribution in [1.29, 1.82) is 0 Å². The second kappa shape index (κ2) is 5.95. The molecule has 0 aliphatic heterocycles. The van der Waals surface area contributed by atoms with Crippen molar-refractivity contribution in [2.45, 2.75) is 12.5 Å². The van der Waals surface area contributed by atoms with Crippen molar-refractivity contribution in [3.63, 3.8) is 0 Å². The Morgan fingerprint density at radius 2 is 1.94 bits per heavy atom. The van der Waals surface area contributed by atoms with E-state index in [9.17, 15) is 0 Å². The minimum Gasteiger partial charge on any atom is -0.313 e. The Morgan fingerprint density at radius 3 is 2.44 bits per heavy atom. The molecular weight excluding hydrogens is 360 g/mol. The zero-order valence-corrected chi connectivity index (χ0v) is 13.4. The van der Waals surface area contributed by atoms with E-state index in [4.69, 9.17) is 0 Å². The average molecular weight is 374 g/mol. The van der Waals surface area contributed by atoms with Gasteiger partial charge in [0.1, 0.15) is 12.2 Å². The van der Waals surface area contributed by atoms with E-state index >= 15 is 0 Å². The normalized spacial score (nSPS) is 12.7. The lowest BCUT2D eigenvalue weighted by Gasteiger charge is -2.16. The van der Waals surface area contributed by atoms with E-state index in [-0.39, 0.29) is 6.04 Å². The van der Waals surface area contributed by atoms with Gasteiger partial charge in [0.25, 0.3) is 0 Å². The van der Waals surface area contributed by atoms with E-state index in [1.54, 1.807) is 11.0 Å². The quantitative estimate of drug-likeness (QED) is 0.895. The Labute approximate surface area is 123 Å². The van der Waals surface area contributed by atoms with Gasteiger partial charge in [0.15, 0.2) is 0 Å². The molecule has 0 saturated heterocycles. The van der Waals surface area contributed by atoms with Crippen LogP contribution in [0.15, 0.2) is 33.5 Å². The molecule has 1 N–H and O–H groups in total. The van der Waals surface area contributed by atoms with Crippen LogP contribution in [0.25, 0.3) is 0 Å². The minimum atomic E-state index is 0.210. The zero-order valence-electron chi connectivity index (χ0n) is 10.2. The zero-order chi connectivity index (χ0) is 13.1. The molecule has 0 amide bonds. The second-order valence-corrected chi connectivity index (χ2v) is 5.88. The lowest BCUT2D eigenvalue weighted by molar-refractivity contribution is 0.553. The van der Waals surface area contributed by atoms with Gasteiger partial charge < -0.3 is 5.32 Å². The lowest BCUT2D eigenvalue weighted by atomic mass is 10.0. The molecule has 0 bridgehead atoms. The van der Waals surface area contributed by atoms with Gasteiger partial charge in [-0.3, -0.25) is 4.68 Å². The third-order valence-electron chi connectivity index (χ3n) is 2.83. The molecule has 1 heterocycles. The van der Waals surface area contributed by atoms with Crippen molar-refractivity contribution in [1.82, 2.24) is 20.1 Å². The molecule has 0 radical (unpaired) electrons. The topological polar surface area (TPSA) is 42.7 Å². The number of aromatic nitrogens is 3. The molecule has 1 aromatic heterocycles. The predicted octanol–water partition coefficient (Wildman–Crippen LogP) is 2.84. The van der Waals surface area contributed by atoms with E-state index < -0.39 is 0 Å². The first-order valence-electron chi connectivity index (χ1n) is 5.56. The molecule has 2 aromatic rings. The monoisotopic (exact) mass is 372 g/mol. The second-order valence-electron chi connectivity index (χ2n) is 4.05. The van der Waals surface area contributed by atoms with E-state index in [1.807, 2.05) is 20.2 Å². The number of halogens is 2. The molecule has 0 saturated carbocycles. The summed E-state index contributed by atoms with van der Waals surface area (Å²) in [7, 11) is 3.86. The van der Waals surface area contributed by atoms with Crippen LogP contribution in [0.4, 0.5) is 0 Å². The summed E-state index contributed by atoms with van der Waals surface area (Å²) >= 11 is 7.02. The summed E-state index contributed by atoms with van der Waals surface area (Å²) in [5.74, 6) is 0.963. The standard InChI is InChI=1S/C12H14Br2N4/c1-15-11(6-12-16-7-17-18(12)2)8-3-9(13)5-10(14)4-8/h3-5,7,11,15H,6H2,1-2H3. The Hall–Kier alpha value is -0.720. The highest BCUT2D eigenvalue weighted by atomic mass is 79.9. The highest BCUT2D eigenvalue weighted by molar-refractivity contribution is 9.11. The average Bonchev–Trinajstić information content (AvgIpc) is 2.70. The molecule has 96 valence electrons.